The predicted molar refractivity (Wildman–Crippen MR) is 72.4 cm³/mol. The van der Waals surface area contributed by atoms with Crippen LogP contribution < -0.4 is 15.2 Å². The first-order valence-corrected chi connectivity index (χ1v) is 6.99. The topological polar surface area (TPSA) is 94.3 Å². The minimum absolute atomic E-state index is 0.0677. The number of aromatic nitrogens is 1. The Morgan fingerprint density at radius 2 is 2.05 bits per heavy atom. The van der Waals surface area contributed by atoms with E-state index in [1.165, 1.54) is 37.4 Å². The van der Waals surface area contributed by atoms with Crippen molar-refractivity contribution in [3.8, 4) is 5.75 Å². The summed E-state index contributed by atoms with van der Waals surface area (Å²) in [4.78, 5) is 3.36. The third kappa shape index (κ3) is 2.97. The number of sulfonamides is 1. The van der Waals surface area contributed by atoms with Gasteiger partial charge in [-0.2, -0.15) is 4.39 Å². The molecule has 0 aliphatic heterocycles. The van der Waals surface area contributed by atoms with Crippen LogP contribution in [0.15, 0.2) is 41.3 Å². The molecule has 0 aliphatic carbocycles. The normalized spacial score (nSPS) is 11.1. The number of nitrogens with zero attached hydrogens (tertiary/aromatic N) is 1. The summed E-state index contributed by atoms with van der Waals surface area (Å²) in [5.41, 5.74) is 5.84. The number of nitrogen functional groups attached to an aromatic ring is 1. The van der Waals surface area contributed by atoms with Crippen molar-refractivity contribution in [1.29, 1.82) is 0 Å². The predicted octanol–water partition coefficient (Wildman–Crippen LogP) is 1.61. The number of rotatable bonds is 4. The number of nitrogens with two attached hydrogens (primary N) is 1. The van der Waals surface area contributed by atoms with Crippen LogP contribution in [0, 0.1) is 5.95 Å². The standard InChI is InChI=1S/C12H12FN3O3S/c1-19-10-6-5-8(7-9(10)14)20(17,18)16-12-4-2-3-11(13)15-12/h2-7H,14H2,1H3,(H,15,16). The lowest BCUT2D eigenvalue weighted by molar-refractivity contribution is 0.416. The molecular formula is C12H12FN3O3S. The van der Waals surface area contributed by atoms with Crippen molar-refractivity contribution in [2.75, 3.05) is 17.6 Å². The maximum absolute atomic E-state index is 12.9. The molecule has 0 aliphatic rings. The number of ether oxygens (including phenoxy) is 1. The minimum atomic E-state index is -3.89. The number of benzene rings is 1. The molecule has 0 amide bonds. The molecule has 1 heterocycles. The first-order chi connectivity index (χ1) is 9.42. The molecule has 2 aromatic rings. The number of hydrogen-bond donors (Lipinski definition) is 2. The van der Waals surface area contributed by atoms with Gasteiger partial charge in [-0.25, -0.2) is 13.4 Å². The summed E-state index contributed by atoms with van der Waals surface area (Å²) in [6, 6.07) is 7.82. The largest absolute Gasteiger partial charge is 0.495 e. The SMILES string of the molecule is COc1ccc(S(=O)(=O)Nc2cccc(F)n2)cc1N. The van der Waals surface area contributed by atoms with Gasteiger partial charge >= 0.3 is 0 Å². The van der Waals surface area contributed by atoms with Gasteiger partial charge in [0.1, 0.15) is 11.6 Å². The number of nitrogens with one attached hydrogen (secondary N) is 1. The maximum Gasteiger partial charge on any atom is 0.263 e. The number of anilines is 2. The molecular weight excluding hydrogens is 285 g/mol. The molecule has 1 aromatic heterocycles. The molecule has 0 bridgehead atoms. The van der Waals surface area contributed by atoms with E-state index in [0.29, 0.717) is 5.75 Å². The molecule has 0 fully saturated rings. The molecule has 0 unspecified atom stereocenters. The Balaban J connectivity index is 2.33. The average Bonchev–Trinajstić information content (AvgIpc) is 2.38. The molecule has 0 atom stereocenters. The molecule has 0 saturated carbocycles. The first-order valence-electron chi connectivity index (χ1n) is 5.51. The average molecular weight is 297 g/mol. The van der Waals surface area contributed by atoms with Crippen molar-refractivity contribution >= 4 is 21.5 Å². The van der Waals surface area contributed by atoms with Crippen molar-refractivity contribution in [1.82, 2.24) is 4.98 Å². The van der Waals surface area contributed by atoms with Crippen LogP contribution >= 0.6 is 0 Å². The highest BCUT2D eigenvalue weighted by molar-refractivity contribution is 7.92. The molecule has 106 valence electrons. The Hall–Kier alpha value is -2.35. The van der Waals surface area contributed by atoms with Crippen molar-refractivity contribution in [2.24, 2.45) is 0 Å². The highest BCUT2D eigenvalue weighted by Gasteiger charge is 2.16. The highest BCUT2D eigenvalue weighted by atomic mass is 32.2. The zero-order chi connectivity index (χ0) is 14.8. The second-order valence-electron chi connectivity index (χ2n) is 3.85. The van der Waals surface area contributed by atoms with Crippen LogP contribution in [0.3, 0.4) is 0 Å². The van der Waals surface area contributed by atoms with Gasteiger partial charge < -0.3 is 10.5 Å². The Kier molecular flexibility index (Phi) is 3.75. The van der Waals surface area contributed by atoms with E-state index in [2.05, 4.69) is 9.71 Å². The molecule has 8 heteroatoms. The van der Waals surface area contributed by atoms with Crippen LogP contribution in [0.1, 0.15) is 0 Å². The van der Waals surface area contributed by atoms with Gasteiger partial charge in [0.2, 0.25) is 5.95 Å². The van der Waals surface area contributed by atoms with E-state index in [1.54, 1.807) is 0 Å². The lowest BCUT2D eigenvalue weighted by atomic mass is 10.3. The van der Waals surface area contributed by atoms with Gasteiger partial charge in [0.15, 0.2) is 0 Å². The molecule has 1 aromatic carbocycles. The Morgan fingerprint density at radius 3 is 2.65 bits per heavy atom. The van der Waals surface area contributed by atoms with Gasteiger partial charge in [-0.1, -0.05) is 6.07 Å². The fraction of sp³-hybridized carbons (Fsp3) is 0.0833. The smallest absolute Gasteiger partial charge is 0.263 e. The van der Waals surface area contributed by atoms with Crippen molar-refractivity contribution in [3.63, 3.8) is 0 Å². The quantitative estimate of drug-likeness (QED) is 0.660. The summed E-state index contributed by atoms with van der Waals surface area (Å²) < 4.78 is 44.2. The van der Waals surface area contributed by atoms with E-state index in [1.807, 2.05) is 0 Å². The van der Waals surface area contributed by atoms with Crippen molar-refractivity contribution in [3.05, 3.63) is 42.3 Å². The zero-order valence-corrected chi connectivity index (χ0v) is 11.3. The second-order valence-corrected chi connectivity index (χ2v) is 5.54. The lowest BCUT2D eigenvalue weighted by Gasteiger charge is -2.09. The van der Waals surface area contributed by atoms with Gasteiger partial charge in [0, 0.05) is 0 Å². The number of hydrogen-bond acceptors (Lipinski definition) is 5. The minimum Gasteiger partial charge on any atom is -0.495 e. The molecule has 0 radical (unpaired) electrons. The van der Waals surface area contributed by atoms with Crippen LogP contribution in [0.5, 0.6) is 5.75 Å². The van der Waals surface area contributed by atoms with E-state index in [0.717, 1.165) is 6.07 Å². The second kappa shape index (κ2) is 5.33. The fourth-order valence-corrected chi connectivity index (χ4v) is 2.58. The molecule has 2 rings (SSSR count). The first kappa shape index (κ1) is 14.1. The van der Waals surface area contributed by atoms with Gasteiger partial charge in [-0.05, 0) is 30.3 Å². The van der Waals surface area contributed by atoms with Gasteiger partial charge in [-0.15, -0.1) is 0 Å². The monoisotopic (exact) mass is 297 g/mol. The molecule has 0 saturated heterocycles. The van der Waals surface area contributed by atoms with Crippen LogP contribution in [0.2, 0.25) is 0 Å². The Bertz CT molecular complexity index is 734. The van der Waals surface area contributed by atoms with E-state index in [-0.39, 0.29) is 16.4 Å². The summed E-state index contributed by atoms with van der Waals surface area (Å²) >= 11 is 0. The maximum atomic E-state index is 12.9. The van der Waals surface area contributed by atoms with E-state index in [4.69, 9.17) is 10.5 Å². The van der Waals surface area contributed by atoms with Gasteiger partial charge in [0.25, 0.3) is 10.0 Å². The fourth-order valence-electron chi connectivity index (χ4n) is 1.54. The van der Waals surface area contributed by atoms with E-state index >= 15 is 0 Å². The van der Waals surface area contributed by atoms with Crippen LogP contribution in [0.25, 0.3) is 0 Å². The summed E-state index contributed by atoms with van der Waals surface area (Å²) in [5, 5.41) is 0. The van der Waals surface area contributed by atoms with Crippen LogP contribution in [-0.4, -0.2) is 20.5 Å². The summed E-state index contributed by atoms with van der Waals surface area (Å²) in [6.07, 6.45) is 0. The summed E-state index contributed by atoms with van der Waals surface area (Å²) in [6.45, 7) is 0. The summed E-state index contributed by atoms with van der Waals surface area (Å²) in [7, 11) is -2.47. The molecule has 0 spiro atoms. The molecule has 6 nitrogen and oxygen atoms in total. The van der Waals surface area contributed by atoms with Gasteiger partial charge in [0.05, 0.1) is 17.7 Å². The Morgan fingerprint density at radius 1 is 1.30 bits per heavy atom. The van der Waals surface area contributed by atoms with Gasteiger partial charge in [-0.3, -0.25) is 4.72 Å². The van der Waals surface area contributed by atoms with Crippen LogP contribution in [-0.2, 0) is 10.0 Å². The third-order valence-electron chi connectivity index (χ3n) is 2.47. The third-order valence-corrected chi connectivity index (χ3v) is 3.82. The van der Waals surface area contributed by atoms with E-state index in [9.17, 15) is 12.8 Å². The molecule has 3 N–H and O–H groups in total. The molecule has 20 heavy (non-hydrogen) atoms. The number of halogens is 1. The Labute approximate surface area is 115 Å². The highest BCUT2D eigenvalue weighted by Crippen LogP contribution is 2.25. The zero-order valence-electron chi connectivity index (χ0n) is 10.5. The van der Waals surface area contributed by atoms with E-state index < -0.39 is 16.0 Å². The number of methoxy groups -OCH3 is 1. The lowest BCUT2D eigenvalue weighted by Crippen LogP contribution is -2.14. The van der Waals surface area contributed by atoms with Crippen molar-refractivity contribution < 1.29 is 17.5 Å². The van der Waals surface area contributed by atoms with Crippen LogP contribution in [0.4, 0.5) is 15.9 Å². The number of pyridine rings is 1. The van der Waals surface area contributed by atoms with Crippen molar-refractivity contribution in [2.45, 2.75) is 4.90 Å². The summed E-state index contributed by atoms with van der Waals surface area (Å²) in [5.74, 6) is -0.522.